The number of ketones is 1. The summed E-state index contributed by atoms with van der Waals surface area (Å²) in [4.78, 5) is 12.7. The van der Waals surface area contributed by atoms with E-state index in [4.69, 9.17) is 4.74 Å². The van der Waals surface area contributed by atoms with Crippen molar-refractivity contribution in [3.63, 3.8) is 0 Å². The fourth-order valence-corrected chi connectivity index (χ4v) is 3.57. The molecule has 26 heavy (non-hydrogen) atoms. The van der Waals surface area contributed by atoms with Gasteiger partial charge in [-0.1, -0.05) is 36.0 Å². The number of hydrogen-bond acceptors (Lipinski definition) is 5. The molecule has 5 nitrogen and oxygen atoms in total. The molecule has 0 aliphatic rings. The molecule has 134 valence electrons. The molecule has 0 aliphatic heterocycles. The molecule has 0 fully saturated rings. The zero-order valence-corrected chi connectivity index (χ0v) is 16.1. The van der Waals surface area contributed by atoms with Gasteiger partial charge in [-0.25, -0.2) is 0 Å². The predicted molar refractivity (Wildman–Crippen MR) is 104 cm³/mol. The minimum atomic E-state index is -0.268. The van der Waals surface area contributed by atoms with Crippen LogP contribution in [0.5, 0.6) is 5.75 Å². The van der Waals surface area contributed by atoms with Gasteiger partial charge >= 0.3 is 0 Å². The third-order valence-corrected chi connectivity index (χ3v) is 5.38. The van der Waals surface area contributed by atoms with Gasteiger partial charge in [0.05, 0.1) is 12.4 Å². The van der Waals surface area contributed by atoms with Crippen molar-refractivity contribution >= 4 is 17.5 Å². The molecule has 0 bridgehead atoms. The Balaban J connectivity index is 1.78. The Morgan fingerprint density at radius 3 is 2.46 bits per heavy atom. The SMILES string of the molecule is COc1ccc(C(=O)[C@@H](C)Sc2nnc(-c3ccccc3C)n2C)cc1. The van der Waals surface area contributed by atoms with E-state index in [1.165, 1.54) is 11.8 Å². The molecule has 0 saturated carbocycles. The molecule has 0 spiro atoms. The maximum Gasteiger partial charge on any atom is 0.191 e. The Labute approximate surface area is 157 Å². The Morgan fingerprint density at radius 1 is 1.12 bits per heavy atom. The molecule has 3 rings (SSSR count). The number of hydrogen-bond donors (Lipinski definition) is 0. The van der Waals surface area contributed by atoms with E-state index in [0.29, 0.717) is 5.56 Å². The minimum absolute atomic E-state index is 0.0538. The maximum absolute atomic E-state index is 12.7. The van der Waals surface area contributed by atoms with E-state index >= 15 is 0 Å². The number of carbonyl (C=O) groups is 1. The Hall–Kier alpha value is -2.60. The summed E-state index contributed by atoms with van der Waals surface area (Å²) in [6.07, 6.45) is 0. The number of thioether (sulfide) groups is 1. The summed E-state index contributed by atoms with van der Waals surface area (Å²) < 4.78 is 7.07. The van der Waals surface area contributed by atoms with Gasteiger partial charge < -0.3 is 9.30 Å². The van der Waals surface area contributed by atoms with Crippen molar-refractivity contribution in [3.8, 4) is 17.1 Å². The topological polar surface area (TPSA) is 57.0 Å². The summed E-state index contributed by atoms with van der Waals surface area (Å²) in [5.41, 5.74) is 2.84. The lowest BCUT2D eigenvalue weighted by Gasteiger charge is -2.11. The van der Waals surface area contributed by atoms with E-state index in [-0.39, 0.29) is 11.0 Å². The van der Waals surface area contributed by atoms with Crippen LogP contribution in [0, 0.1) is 6.92 Å². The van der Waals surface area contributed by atoms with Crippen LogP contribution < -0.4 is 4.74 Å². The monoisotopic (exact) mass is 367 g/mol. The van der Waals surface area contributed by atoms with Crippen LogP contribution in [0.1, 0.15) is 22.8 Å². The average molecular weight is 367 g/mol. The maximum atomic E-state index is 12.7. The normalized spacial score (nSPS) is 12.0. The molecular formula is C20H21N3O2S. The summed E-state index contributed by atoms with van der Waals surface area (Å²) in [7, 11) is 3.53. The molecule has 1 aromatic heterocycles. The van der Waals surface area contributed by atoms with Crippen molar-refractivity contribution < 1.29 is 9.53 Å². The highest BCUT2D eigenvalue weighted by atomic mass is 32.2. The molecule has 0 radical (unpaired) electrons. The lowest BCUT2D eigenvalue weighted by molar-refractivity contribution is 0.0994. The average Bonchev–Trinajstić information content (AvgIpc) is 3.02. The highest BCUT2D eigenvalue weighted by molar-refractivity contribution is 8.00. The van der Waals surface area contributed by atoms with Crippen molar-refractivity contribution in [2.45, 2.75) is 24.3 Å². The molecule has 6 heteroatoms. The molecule has 1 heterocycles. The quantitative estimate of drug-likeness (QED) is 0.484. The van der Waals surface area contributed by atoms with Gasteiger partial charge in [-0.2, -0.15) is 0 Å². The summed E-state index contributed by atoms with van der Waals surface area (Å²) in [5.74, 6) is 1.59. The van der Waals surface area contributed by atoms with Gasteiger partial charge in [0.15, 0.2) is 16.8 Å². The smallest absolute Gasteiger partial charge is 0.191 e. The first kappa shape index (κ1) is 18.2. The zero-order chi connectivity index (χ0) is 18.7. The molecule has 0 amide bonds. The van der Waals surface area contributed by atoms with Crippen molar-refractivity contribution in [2.24, 2.45) is 7.05 Å². The summed E-state index contributed by atoms with van der Waals surface area (Å²) in [5, 5.41) is 9.05. The zero-order valence-electron chi connectivity index (χ0n) is 15.3. The third kappa shape index (κ3) is 3.65. The van der Waals surface area contributed by atoms with Crippen LogP contribution in [0.15, 0.2) is 53.7 Å². The van der Waals surface area contributed by atoms with Gasteiger partial charge in [-0.15, -0.1) is 10.2 Å². The van der Waals surface area contributed by atoms with Gasteiger partial charge in [0, 0.05) is 18.2 Å². The second-order valence-corrected chi connectivity index (χ2v) is 7.34. The lowest BCUT2D eigenvalue weighted by Crippen LogP contribution is -2.14. The minimum Gasteiger partial charge on any atom is -0.497 e. The number of nitrogens with zero attached hydrogens (tertiary/aromatic N) is 3. The van der Waals surface area contributed by atoms with Crippen LogP contribution in [0.4, 0.5) is 0 Å². The number of carbonyl (C=O) groups excluding carboxylic acids is 1. The van der Waals surface area contributed by atoms with Crippen LogP contribution >= 0.6 is 11.8 Å². The fourth-order valence-electron chi connectivity index (χ4n) is 2.68. The molecule has 0 unspecified atom stereocenters. The van der Waals surface area contributed by atoms with Crippen molar-refractivity contribution in [3.05, 3.63) is 59.7 Å². The fraction of sp³-hybridized carbons (Fsp3) is 0.250. The van der Waals surface area contributed by atoms with Crippen LogP contribution in [-0.2, 0) is 7.05 Å². The van der Waals surface area contributed by atoms with Gasteiger partial charge in [0.25, 0.3) is 0 Å². The number of methoxy groups -OCH3 is 1. The number of aryl methyl sites for hydroxylation is 1. The molecule has 1 atom stereocenters. The van der Waals surface area contributed by atoms with E-state index in [1.807, 2.05) is 49.7 Å². The number of benzene rings is 2. The van der Waals surface area contributed by atoms with Crippen LogP contribution in [0.25, 0.3) is 11.4 Å². The van der Waals surface area contributed by atoms with E-state index in [1.54, 1.807) is 31.4 Å². The molecule has 3 aromatic rings. The Kier molecular flexibility index (Phi) is 5.42. The van der Waals surface area contributed by atoms with Gasteiger partial charge in [0.1, 0.15) is 5.75 Å². The standard InChI is InChI=1S/C20H21N3O2S/c1-13-7-5-6-8-17(13)19-21-22-20(23(19)3)26-14(2)18(24)15-9-11-16(25-4)12-10-15/h5-12,14H,1-4H3/t14-/m1/s1. The highest BCUT2D eigenvalue weighted by Gasteiger charge is 2.21. The van der Waals surface area contributed by atoms with Gasteiger partial charge in [0.2, 0.25) is 0 Å². The predicted octanol–water partition coefficient (Wildman–Crippen LogP) is 4.16. The van der Waals surface area contributed by atoms with Crippen LogP contribution in [0.3, 0.4) is 0 Å². The van der Waals surface area contributed by atoms with Crippen molar-refractivity contribution in [1.29, 1.82) is 0 Å². The van der Waals surface area contributed by atoms with E-state index < -0.39 is 0 Å². The van der Waals surface area contributed by atoms with E-state index in [0.717, 1.165) is 27.9 Å². The molecule has 0 aliphatic carbocycles. The second-order valence-electron chi connectivity index (χ2n) is 6.03. The summed E-state index contributed by atoms with van der Waals surface area (Å²) >= 11 is 1.41. The largest absolute Gasteiger partial charge is 0.497 e. The third-order valence-electron chi connectivity index (χ3n) is 4.25. The number of Topliss-reactive ketones (excluding diaryl/α,β-unsaturated/α-hetero) is 1. The first-order valence-electron chi connectivity index (χ1n) is 8.31. The van der Waals surface area contributed by atoms with Crippen LogP contribution in [-0.4, -0.2) is 32.9 Å². The summed E-state index contributed by atoms with van der Waals surface area (Å²) in [6.45, 7) is 3.94. The van der Waals surface area contributed by atoms with Crippen molar-refractivity contribution in [1.82, 2.24) is 14.8 Å². The van der Waals surface area contributed by atoms with Crippen LogP contribution in [0.2, 0.25) is 0 Å². The second kappa shape index (κ2) is 7.74. The first-order valence-corrected chi connectivity index (χ1v) is 9.19. The summed E-state index contributed by atoms with van der Waals surface area (Å²) in [6, 6.07) is 15.2. The molecule has 0 N–H and O–H groups in total. The number of rotatable bonds is 6. The molecular weight excluding hydrogens is 346 g/mol. The molecule has 2 aromatic carbocycles. The van der Waals surface area contributed by atoms with Gasteiger partial charge in [-0.05, 0) is 43.7 Å². The van der Waals surface area contributed by atoms with E-state index in [9.17, 15) is 4.79 Å². The lowest BCUT2D eigenvalue weighted by atomic mass is 10.1. The number of aromatic nitrogens is 3. The Morgan fingerprint density at radius 2 is 1.81 bits per heavy atom. The first-order chi connectivity index (χ1) is 12.5. The number of ether oxygens (including phenoxy) is 1. The molecule has 0 saturated heterocycles. The van der Waals surface area contributed by atoms with E-state index in [2.05, 4.69) is 10.2 Å². The van der Waals surface area contributed by atoms with Gasteiger partial charge in [-0.3, -0.25) is 4.79 Å². The highest BCUT2D eigenvalue weighted by Crippen LogP contribution is 2.28. The van der Waals surface area contributed by atoms with Crippen molar-refractivity contribution in [2.75, 3.05) is 7.11 Å². The Bertz CT molecular complexity index is 919.